The average molecular weight is 294 g/mol. The number of rotatable bonds is 6. The van der Waals surface area contributed by atoms with E-state index in [1.807, 2.05) is 25.9 Å². The van der Waals surface area contributed by atoms with Gasteiger partial charge in [-0.25, -0.2) is 9.18 Å². The van der Waals surface area contributed by atoms with Gasteiger partial charge in [0.15, 0.2) is 0 Å². The van der Waals surface area contributed by atoms with Crippen LogP contribution in [0.4, 0.5) is 4.39 Å². The lowest BCUT2D eigenvalue weighted by Crippen LogP contribution is -2.38. The van der Waals surface area contributed by atoms with Crippen molar-refractivity contribution >= 4 is 18.0 Å². The molecular formula is C15H19FN2O3. The van der Waals surface area contributed by atoms with E-state index in [1.165, 1.54) is 18.2 Å². The van der Waals surface area contributed by atoms with Crippen LogP contribution in [-0.4, -0.2) is 48.6 Å². The fourth-order valence-corrected chi connectivity index (χ4v) is 1.50. The summed E-state index contributed by atoms with van der Waals surface area (Å²) in [6, 6.07) is 4.10. The van der Waals surface area contributed by atoms with Gasteiger partial charge in [0.1, 0.15) is 5.82 Å². The van der Waals surface area contributed by atoms with Gasteiger partial charge in [0, 0.05) is 18.7 Å². The number of nitrogens with one attached hydrogen (secondary N) is 1. The van der Waals surface area contributed by atoms with Gasteiger partial charge in [-0.1, -0.05) is 6.07 Å². The molecule has 1 unspecified atom stereocenters. The van der Waals surface area contributed by atoms with Crippen molar-refractivity contribution in [3.63, 3.8) is 0 Å². The van der Waals surface area contributed by atoms with E-state index in [4.69, 9.17) is 5.11 Å². The molecule has 0 spiro atoms. The minimum absolute atomic E-state index is 0.0616. The number of benzene rings is 1. The second kappa shape index (κ2) is 7.54. The number of likely N-dealkylation sites (N-methyl/N-ethyl adjacent to an activating group) is 1. The molecule has 0 saturated carbocycles. The number of carbonyl (C=O) groups excluding carboxylic acids is 1. The monoisotopic (exact) mass is 294 g/mol. The van der Waals surface area contributed by atoms with Gasteiger partial charge in [0.05, 0.1) is 5.56 Å². The Bertz CT molecular complexity index is 556. The molecule has 6 heteroatoms. The van der Waals surface area contributed by atoms with Gasteiger partial charge in [-0.05, 0) is 44.8 Å². The SMILES string of the molecule is CC(CNC(=O)c1ccc(C=CC(=O)O)cc1F)N(C)C. The van der Waals surface area contributed by atoms with Crippen LogP contribution in [0.1, 0.15) is 22.8 Å². The maximum absolute atomic E-state index is 13.9. The number of carboxylic acid groups (broad SMARTS) is 1. The van der Waals surface area contributed by atoms with E-state index < -0.39 is 17.7 Å². The van der Waals surface area contributed by atoms with Gasteiger partial charge in [-0.3, -0.25) is 4.79 Å². The molecular weight excluding hydrogens is 275 g/mol. The Morgan fingerprint density at radius 2 is 2.10 bits per heavy atom. The standard InChI is InChI=1S/C15H19FN2O3/c1-10(18(2)3)9-17-15(21)12-6-4-11(8-13(12)16)5-7-14(19)20/h4-8,10H,9H2,1-3H3,(H,17,21)(H,19,20). The second-order valence-electron chi connectivity index (χ2n) is 4.93. The number of amides is 1. The number of halogens is 1. The highest BCUT2D eigenvalue weighted by atomic mass is 19.1. The van der Waals surface area contributed by atoms with Crippen LogP contribution in [0.2, 0.25) is 0 Å². The van der Waals surface area contributed by atoms with E-state index in [2.05, 4.69) is 5.32 Å². The molecule has 0 aliphatic rings. The molecule has 1 amide bonds. The Kier molecular flexibility index (Phi) is 6.05. The minimum atomic E-state index is -1.12. The first-order chi connectivity index (χ1) is 9.81. The molecule has 0 bridgehead atoms. The highest BCUT2D eigenvalue weighted by Crippen LogP contribution is 2.12. The van der Waals surface area contributed by atoms with E-state index in [1.54, 1.807) is 0 Å². The fraction of sp³-hybridized carbons (Fsp3) is 0.333. The average Bonchev–Trinajstić information content (AvgIpc) is 2.42. The first-order valence-corrected chi connectivity index (χ1v) is 6.46. The first kappa shape index (κ1) is 16.8. The van der Waals surface area contributed by atoms with Crippen molar-refractivity contribution in [2.24, 2.45) is 0 Å². The van der Waals surface area contributed by atoms with Gasteiger partial charge < -0.3 is 15.3 Å². The van der Waals surface area contributed by atoms with Crippen molar-refractivity contribution < 1.29 is 19.1 Å². The summed E-state index contributed by atoms with van der Waals surface area (Å²) in [5.41, 5.74) is 0.321. The number of carboxylic acids is 1. The van der Waals surface area contributed by atoms with Gasteiger partial charge in [0.25, 0.3) is 5.91 Å². The Balaban J connectivity index is 2.75. The van der Waals surface area contributed by atoms with Crippen LogP contribution < -0.4 is 5.32 Å². The highest BCUT2D eigenvalue weighted by Gasteiger charge is 2.13. The molecule has 0 aliphatic carbocycles. The predicted octanol–water partition coefficient (Wildman–Crippen LogP) is 1.60. The molecule has 0 fully saturated rings. The van der Waals surface area contributed by atoms with Gasteiger partial charge >= 0.3 is 5.97 Å². The molecule has 5 nitrogen and oxygen atoms in total. The number of hydrogen-bond acceptors (Lipinski definition) is 3. The predicted molar refractivity (Wildman–Crippen MR) is 78.6 cm³/mol. The van der Waals surface area contributed by atoms with Crippen LogP contribution in [0, 0.1) is 5.82 Å². The summed E-state index contributed by atoms with van der Waals surface area (Å²) in [7, 11) is 3.78. The van der Waals surface area contributed by atoms with E-state index in [9.17, 15) is 14.0 Å². The summed E-state index contributed by atoms with van der Waals surface area (Å²) in [6.07, 6.45) is 2.18. The summed E-state index contributed by atoms with van der Waals surface area (Å²) in [5, 5.41) is 11.2. The Morgan fingerprint density at radius 3 is 2.62 bits per heavy atom. The molecule has 0 aliphatic heterocycles. The quantitative estimate of drug-likeness (QED) is 0.782. The number of hydrogen-bond donors (Lipinski definition) is 2. The molecule has 1 aromatic rings. The summed E-state index contributed by atoms with van der Waals surface area (Å²) >= 11 is 0. The zero-order valence-electron chi connectivity index (χ0n) is 12.3. The van der Waals surface area contributed by atoms with Crippen LogP contribution >= 0.6 is 0 Å². The second-order valence-corrected chi connectivity index (χ2v) is 4.93. The largest absolute Gasteiger partial charge is 0.478 e. The van der Waals surface area contributed by atoms with Crippen LogP contribution in [0.3, 0.4) is 0 Å². The summed E-state index contributed by atoms with van der Waals surface area (Å²) < 4.78 is 13.9. The molecule has 1 rings (SSSR count). The highest BCUT2D eigenvalue weighted by molar-refractivity contribution is 5.94. The van der Waals surface area contributed by atoms with Crippen molar-refractivity contribution in [2.45, 2.75) is 13.0 Å². The number of aliphatic carboxylic acids is 1. The Labute approximate surface area is 123 Å². The van der Waals surface area contributed by atoms with Gasteiger partial charge in [-0.2, -0.15) is 0 Å². The molecule has 21 heavy (non-hydrogen) atoms. The molecule has 1 atom stereocenters. The van der Waals surface area contributed by atoms with Crippen molar-refractivity contribution in [1.29, 1.82) is 0 Å². The van der Waals surface area contributed by atoms with Crippen LogP contribution in [0.25, 0.3) is 6.08 Å². The Morgan fingerprint density at radius 1 is 1.43 bits per heavy atom. The zero-order chi connectivity index (χ0) is 16.0. The molecule has 1 aromatic carbocycles. The summed E-state index contributed by atoms with van der Waals surface area (Å²) in [4.78, 5) is 24.2. The summed E-state index contributed by atoms with van der Waals surface area (Å²) in [6.45, 7) is 2.35. The molecule has 0 heterocycles. The van der Waals surface area contributed by atoms with Crippen molar-refractivity contribution in [1.82, 2.24) is 10.2 Å². The lowest BCUT2D eigenvalue weighted by molar-refractivity contribution is -0.131. The minimum Gasteiger partial charge on any atom is -0.478 e. The normalized spacial score (nSPS) is 12.6. The van der Waals surface area contributed by atoms with Crippen molar-refractivity contribution in [3.8, 4) is 0 Å². The topological polar surface area (TPSA) is 69.6 Å². The molecule has 2 N–H and O–H groups in total. The third kappa shape index (κ3) is 5.35. The lowest BCUT2D eigenvalue weighted by atomic mass is 10.1. The number of carbonyl (C=O) groups is 2. The van der Waals surface area contributed by atoms with Crippen LogP contribution in [0.5, 0.6) is 0 Å². The Hall–Kier alpha value is -2.21. The lowest BCUT2D eigenvalue weighted by Gasteiger charge is -2.20. The zero-order valence-corrected chi connectivity index (χ0v) is 12.3. The van der Waals surface area contributed by atoms with E-state index in [0.717, 1.165) is 12.1 Å². The van der Waals surface area contributed by atoms with Crippen molar-refractivity contribution in [2.75, 3.05) is 20.6 Å². The first-order valence-electron chi connectivity index (χ1n) is 6.46. The van der Waals surface area contributed by atoms with E-state index in [0.29, 0.717) is 12.1 Å². The summed E-state index contributed by atoms with van der Waals surface area (Å²) in [5.74, 6) is -2.29. The maximum atomic E-state index is 13.9. The van der Waals surface area contributed by atoms with E-state index in [-0.39, 0.29) is 11.6 Å². The van der Waals surface area contributed by atoms with E-state index >= 15 is 0 Å². The van der Waals surface area contributed by atoms with Crippen LogP contribution in [0.15, 0.2) is 24.3 Å². The third-order valence-electron chi connectivity index (χ3n) is 3.10. The fourth-order valence-electron chi connectivity index (χ4n) is 1.50. The molecule has 0 saturated heterocycles. The van der Waals surface area contributed by atoms with Gasteiger partial charge in [0.2, 0.25) is 0 Å². The van der Waals surface area contributed by atoms with Crippen molar-refractivity contribution in [3.05, 3.63) is 41.2 Å². The smallest absolute Gasteiger partial charge is 0.328 e. The molecule has 0 radical (unpaired) electrons. The molecule has 114 valence electrons. The van der Waals surface area contributed by atoms with Crippen LogP contribution in [-0.2, 0) is 4.79 Å². The maximum Gasteiger partial charge on any atom is 0.328 e. The van der Waals surface area contributed by atoms with Gasteiger partial charge in [-0.15, -0.1) is 0 Å². The molecule has 0 aromatic heterocycles. The number of nitrogens with zero attached hydrogens (tertiary/aromatic N) is 1. The third-order valence-corrected chi connectivity index (χ3v) is 3.10.